The van der Waals surface area contributed by atoms with Crippen LogP contribution in [-0.4, -0.2) is 43.9 Å². The first-order chi connectivity index (χ1) is 10.6. The van der Waals surface area contributed by atoms with Crippen molar-refractivity contribution >= 4 is 17.7 Å². The molecule has 22 heavy (non-hydrogen) atoms. The third-order valence-electron chi connectivity index (χ3n) is 3.98. The highest BCUT2D eigenvalue weighted by atomic mass is 32.2. The molecule has 0 N–H and O–H groups in total. The number of amides is 1. The van der Waals surface area contributed by atoms with Crippen LogP contribution < -0.4 is 0 Å². The predicted molar refractivity (Wildman–Crippen MR) is 84.6 cm³/mol. The van der Waals surface area contributed by atoms with Crippen molar-refractivity contribution in [2.75, 3.05) is 13.1 Å². The molecular weight excluding hydrogens is 300 g/mol. The molecule has 1 amide bonds. The maximum Gasteiger partial charge on any atom is 0.235 e. The minimum Gasteiger partial charge on any atom is -0.469 e. The molecule has 0 saturated carbocycles. The van der Waals surface area contributed by atoms with Crippen molar-refractivity contribution in [3.8, 4) is 11.4 Å². The van der Waals surface area contributed by atoms with Gasteiger partial charge in [0.15, 0.2) is 11.0 Å². The Morgan fingerprint density at radius 1 is 1.36 bits per heavy atom. The van der Waals surface area contributed by atoms with Gasteiger partial charge in [0, 0.05) is 20.1 Å². The van der Waals surface area contributed by atoms with Gasteiger partial charge in [-0.15, -0.1) is 10.2 Å². The van der Waals surface area contributed by atoms with Gasteiger partial charge in [0.05, 0.1) is 17.1 Å². The number of rotatable bonds is 4. The standard InChI is InChI=1S/C15H20N4O2S/c1-10-12(6-9-21-10)13-16-17-15(18(13)3)22-11(2)14(20)19-7-4-5-8-19/h6,9,11H,4-5,7-8H2,1-3H3/t11-/m0/s1. The molecule has 0 aliphatic carbocycles. The van der Waals surface area contributed by atoms with E-state index in [9.17, 15) is 4.79 Å². The smallest absolute Gasteiger partial charge is 0.235 e. The summed E-state index contributed by atoms with van der Waals surface area (Å²) in [7, 11) is 1.91. The predicted octanol–water partition coefficient (Wildman–Crippen LogP) is 2.49. The summed E-state index contributed by atoms with van der Waals surface area (Å²) in [6, 6.07) is 1.88. The molecule has 1 fully saturated rings. The molecule has 1 aliphatic heterocycles. The molecule has 118 valence electrons. The van der Waals surface area contributed by atoms with Crippen LogP contribution in [0.4, 0.5) is 0 Å². The van der Waals surface area contributed by atoms with Gasteiger partial charge >= 0.3 is 0 Å². The van der Waals surface area contributed by atoms with E-state index in [2.05, 4.69) is 10.2 Å². The molecule has 0 radical (unpaired) electrons. The number of likely N-dealkylation sites (tertiary alicyclic amines) is 1. The van der Waals surface area contributed by atoms with Crippen molar-refractivity contribution in [3.05, 3.63) is 18.1 Å². The number of aryl methyl sites for hydroxylation is 1. The Hall–Kier alpha value is -1.76. The summed E-state index contributed by atoms with van der Waals surface area (Å²) in [5.41, 5.74) is 0.931. The molecule has 3 rings (SSSR count). The Bertz CT molecular complexity index is 673. The molecule has 3 heterocycles. The molecule has 7 heteroatoms. The Balaban J connectivity index is 1.74. The SMILES string of the molecule is Cc1occc1-c1nnc(S[C@@H](C)C(=O)N2CCCC2)n1C. The average Bonchev–Trinajstić information content (AvgIpc) is 3.22. The topological polar surface area (TPSA) is 64.2 Å². The Morgan fingerprint density at radius 3 is 2.73 bits per heavy atom. The minimum absolute atomic E-state index is 0.153. The molecular formula is C15H20N4O2S. The lowest BCUT2D eigenvalue weighted by atomic mass is 10.2. The van der Waals surface area contributed by atoms with Crippen molar-refractivity contribution < 1.29 is 9.21 Å². The lowest BCUT2D eigenvalue weighted by Crippen LogP contribution is -2.34. The highest BCUT2D eigenvalue weighted by Gasteiger charge is 2.26. The van der Waals surface area contributed by atoms with E-state index >= 15 is 0 Å². The molecule has 0 aromatic carbocycles. The molecule has 0 unspecified atom stereocenters. The molecule has 2 aromatic heterocycles. The molecule has 1 aliphatic rings. The van der Waals surface area contributed by atoms with Crippen LogP contribution in [0.5, 0.6) is 0 Å². The van der Waals surface area contributed by atoms with Gasteiger partial charge in [0.1, 0.15) is 5.76 Å². The number of nitrogens with zero attached hydrogens (tertiary/aromatic N) is 4. The Labute approximate surface area is 133 Å². The molecule has 2 aromatic rings. The van der Waals surface area contributed by atoms with Crippen molar-refractivity contribution in [1.29, 1.82) is 0 Å². The van der Waals surface area contributed by atoms with Crippen LogP contribution in [-0.2, 0) is 11.8 Å². The Kier molecular flexibility index (Phi) is 4.24. The van der Waals surface area contributed by atoms with Gasteiger partial charge in [-0.05, 0) is 32.8 Å². The number of hydrogen-bond donors (Lipinski definition) is 0. The normalized spacial score (nSPS) is 16.2. The van der Waals surface area contributed by atoms with Crippen LogP contribution in [0, 0.1) is 6.92 Å². The van der Waals surface area contributed by atoms with Crippen LogP contribution in [0.25, 0.3) is 11.4 Å². The zero-order valence-corrected chi connectivity index (χ0v) is 13.9. The van der Waals surface area contributed by atoms with E-state index in [1.54, 1.807) is 6.26 Å². The molecule has 0 spiro atoms. The monoisotopic (exact) mass is 320 g/mol. The Morgan fingerprint density at radius 2 is 2.09 bits per heavy atom. The molecule has 0 bridgehead atoms. The zero-order valence-electron chi connectivity index (χ0n) is 13.1. The number of carbonyl (C=O) groups is 1. The second-order valence-corrected chi connectivity index (χ2v) is 6.86. The summed E-state index contributed by atoms with van der Waals surface area (Å²) in [5.74, 6) is 1.76. The lowest BCUT2D eigenvalue weighted by molar-refractivity contribution is -0.129. The van der Waals surface area contributed by atoms with E-state index in [-0.39, 0.29) is 11.2 Å². The summed E-state index contributed by atoms with van der Waals surface area (Å²) in [5, 5.41) is 9.05. The van der Waals surface area contributed by atoms with Gasteiger partial charge in [0.2, 0.25) is 5.91 Å². The highest BCUT2D eigenvalue weighted by molar-refractivity contribution is 8.00. The average molecular weight is 320 g/mol. The first-order valence-corrected chi connectivity index (χ1v) is 8.35. The highest BCUT2D eigenvalue weighted by Crippen LogP contribution is 2.28. The van der Waals surface area contributed by atoms with E-state index in [4.69, 9.17) is 4.42 Å². The van der Waals surface area contributed by atoms with Gasteiger partial charge in [-0.1, -0.05) is 11.8 Å². The number of furan rings is 1. The number of thioether (sulfide) groups is 1. The fraction of sp³-hybridized carbons (Fsp3) is 0.533. The maximum atomic E-state index is 12.4. The van der Waals surface area contributed by atoms with Crippen molar-refractivity contribution in [2.24, 2.45) is 7.05 Å². The fourth-order valence-electron chi connectivity index (χ4n) is 2.67. The van der Waals surface area contributed by atoms with Gasteiger partial charge in [0.25, 0.3) is 0 Å². The van der Waals surface area contributed by atoms with E-state index in [1.807, 2.05) is 36.4 Å². The van der Waals surface area contributed by atoms with Crippen LogP contribution >= 0.6 is 11.8 Å². The first kappa shape index (κ1) is 15.1. The first-order valence-electron chi connectivity index (χ1n) is 7.47. The quantitative estimate of drug-likeness (QED) is 0.810. The molecule has 1 atom stereocenters. The van der Waals surface area contributed by atoms with Crippen molar-refractivity contribution in [2.45, 2.75) is 37.1 Å². The van der Waals surface area contributed by atoms with Gasteiger partial charge in [-0.2, -0.15) is 0 Å². The lowest BCUT2D eigenvalue weighted by Gasteiger charge is -2.19. The van der Waals surface area contributed by atoms with Crippen LogP contribution in [0.2, 0.25) is 0 Å². The summed E-state index contributed by atoms with van der Waals surface area (Å²) in [6.45, 7) is 5.59. The van der Waals surface area contributed by atoms with Gasteiger partial charge < -0.3 is 13.9 Å². The second-order valence-electron chi connectivity index (χ2n) is 5.55. The summed E-state index contributed by atoms with van der Waals surface area (Å²) < 4.78 is 7.23. The van der Waals surface area contributed by atoms with Crippen LogP contribution in [0.3, 0.4) is 0 Å². The van der Waals surface area contributed by atoms with E-state index in [1.165, 1.54) is 11.8 Å². The van der Waals surface area contributed by atoms with Gasteiger partial charge in [-0.25, -0.2) is 0 Å². The number of carbonyl (C=O) groups excluding carboxylic acids is 1. The summed E-state index contributed by atoms with van der Waals surface area (Å²) in [6.07, 6.45) is 3.86. The number of aromatic nitrogens is 3. The maximum absolute atomic E-state index is 12.4. The van der Waals surface area contributed by atoms with Crippen LogP contribution in [0.1, 0.15) is 25.5 Å². The summed E-state index contributed by atoms with van der Waals surface area (Å²) >= 11 is 1.46. The number of hydrogen-bond acceptors (Lipinski definition) is 5. The van der Waals surface area contributed by atoms with Gasteiger partial charge in [-0.3, -0.25) is 4.79 Å². The third-order valence-corrected chi connectivity index (χ3v) is 5.10. The molecule has 1 saturated heterocycles. The van der Waals surface area contributed by atoms with E-state index in [0.717, 1.165) is 48.2 Å². The minimum atomic E-state index is -0.153. The molecule has 6 nitrogen and oxygen atoms in total. The fourth-order valence-corrected chi connectivity index (χ4v) is 3.57. The summed E-state index contributed by atoms with van der Waals surface area (Å²) in [4.78, 5) is 14.3. The van der Waals surface area contributed by atoms with Crippen LogP contribution in [0.15, 0.2) is 21.9 Å². The third kappa shape index (κ3) is 2.77. The van der Waals surface area contributed by atoms with E-state index < -0.39 is 0 Å². The second kappa shape index (κ2) is 6.16. The zero-order chi connectivity index (χ0) is 15.7. The largest absolute Gasteiger partial charge is 0.469 e. The van der Waals surface area contributed by atoms with E-state index in [0.29, 0.717) is 0 Å². The van der Waals surface area contributed by atoms with Crippen molar-refractivity contribution in [1.82, 2.24) is 19.7 Å². The van der Waals surface area contributed by atoms with Crippen molar-refractivity contribution in [3.63, 3.8) is 0 Å².